The average molecular weight is 418 g/mol. The lowest BCUT2D eigenvalue weighted by atomic mass is 9.94. The highest BCUT2D eigenvalue weighted by atomic mass is 32.2. The van der Waals surface area contributed by atoms with Gasteiger partial charge in [0.05, 0.1) is 6.42 Å². The molecule has 4 nitrogen and oxygen atoms in total. The van der Waals surface area contributed by atoms with Gasteiger partial charge in [-0.1, -0.05) is 54.6 Å². The van der Waals surface area contributed by atoms with Gasteiger partial charge in [-0.15, -0.1) is 0 Å². The Morgan fingerprint density at radius 1 is 1.00 bits per heavy atom. The maximum absolute atomic E-state index is 12.0. The number of rotatable bonds is 4. The van der Waals surface area contributed by atoms with Crippen LogP contribution in [0.1, 0.15) is 46.4 Å². The van der Waals surface area contributed by atoms with Gasteiger partial charge in [-0.05, 0) is 64.1 Å². The van der Waals surface area contributed by atoms with Crippen molar-refractivity contribution in [3.8, 4) is 16.9 Å². The first kappa shape index (κ1) is 19.2. The van der Waals surface area contributed by atoms with Crippen molar-refractivity contribution < 1.29 is 14.4 Å². The van der Waals surface area contributed by atoms with E-state index in [2.05, 4.69) is 53.8 Å². The van der Waals surface area contributed by atoms with Crippen LogP contribution in [-0.4, -0.2) is 15.6 Å². The number of benzene rings is 3. The molecule has 0 spiro atoms. The Labute approximate surface area is 179 Å². The van der Waals surface area contributed by atoms with Crippen molar-refractivity contribution in [3.63, 3.8) is 0 Å². The fourth-order valence-electron chi connectivity index (χ4n) is 4.47. The average Bonchev–Trinajstić information content (AvgIpc) is 3.31. The number of aryl methyl sites for hydroxylation is 1. The lowest BCUT2D eigenvalue weighted by molar-refractivity contribution is 0.207. The van der Waals surface area contributed by atoms with Crippen LogP contribution in [0, 0.1) is 6.92 Å². The van der Waals surface area contributed by atoms with Crippen LogP contribution in [0.4, 0.5) is 0 Å². The number of aliphatic hydroxyl groups excluding tert-OH is 1. The van der Waals surface area contributed by atoms with Gasteiger partial charge in [0.2, 0.25) is 5.90 Å². The van der Waals surface area contributed by atoms with E-state index in [0.717, 1.165) is 24.2 Å². The molecule has 2 unspecified atom stereocenters. The quantitative estimate of drug-likeness (QED) is 0.546. The lowest BCUT2D eigenvalue weighted by Gasteiger charge is -2.17. The second kappa shape index (κ2) is 7.82. The highest BCUT2D eigenvalue weighted by molar-refractivity contribution is 7.90. The van der Waals surface area contributed by atoms with Crippen molar-refractivity contribution in [2.75, 3.05) is 0 Å². The summed E-state index contributed by atoms with van der Waals surface area (Å²) in [7, 11) is 0. The predicted molar refractivity (Wildman–Crippen MR) is 120 cm³/mol. The topological polar surface area (TPSA) is 64.9 Å². The van der Waals surface area contributed by atoms with Gasteiger partial charge < -0.3 is 14.4 Å². The largest absolute Gasteiger partial charge is 0.591 e. The molecule has 0 radical (unpaired) electrons. The second-order valence-electron chi connectivity index (χ2n) is 7.88. The number of hydrogen-bond donors (Lipinski definition) is 1. The van der Waals surface area contributed by atoms with Crippen molar-refractivity contribution >= 4 is 17.3 Å². The zero-order valence-electron chi connectivity index (χ0n) is 16.7. The molecular formula is C25H23NO3S. The van der Waals surface area contributed by atoms with Gasteiger partial charge in [0.15, 0.2) is 5.25 Å². The molecule has 3 aromatic rings. The van der Waals surface area contributed by atoms with Crippen molar-refractivity contribution in [2.24, 2.45) is 4.40 Å². The second-order valence-corrected chi connectivity index (χ2v) is 9.18. The Kier molecular flexibility index (Phi) is 5.01. The molecule has 5 rings (SSSR count). The van der Waals surface area contributed by atoms with Gasteiger partial charge in [0, 0.05) is 5.56 Å². The summed E-state index contributed by atoms with van der Waals surface area (Å²) in [4.78, 5) is 0. The number of nitrogens with zero attached hydrogens (tertiary/aromatic N) is 1. The Bertz CT molecular complexity index is 1110. The maximum atomic E-state index is 12.0. The maximum Gasteiger partial charge on any atom is 0.240 e. The van der Waals surface area contributed by atoms with E-state index in [1.54, 1.807) is 0 Å². The van der Waals surface area contributed by atoms with Crippen molar-refractivity contribution in [3.05, 3.63) is 89.0 Å². The fourth-order valence-corrected chi connectivity index (χ4v) is 5.56. The molecule has 0 bridgehead atoms. The van der Waals surface area contributed by atoms with Crippen LogP contribution in [-0.2, 0) is 17.8 Å². The molecule has 3 aromatic carbocycles. The van der Waals surface area contributed by atoms with Crippen LogP contribution in [0.25, 0.3) is 11.1 Å². The zero-order valence-corrected chi connectivity index (χ0v) is 17.6. The van der Waals surface area contributed by atoms with E-state index in [1.165, 1.54) is 27.8 Å². The van der Waals surface area contributed by atoms with Gasteiger partial charge in [-0.3, -0.25) is 0 Å². The molecule has 0 amide bonds. The Hall–Kier alpha value is -2.76. The summed E-state index contributed by atoms with van der Waals surface area (Å²) in [5.74, 6) is 0.762. The van der Waals surface area contributed by atoms with Crippen LogP contribution >= 0.6 is 0 Å². The highest BCUT2D eigenvalue weighted by Crippen LogP contribution is 2.41. The first-order valence-electron chi connectivity index (χ1n) is 10.2. The van der Waals surface area contributed by atoms with Gasteiger partial charge in [-0.25, -0.2) is 0 Å². The standard InChI is InChI=1S/C25H23NO3S/c1-16-5-2-3-6-19(16)20-7-4-8-22-21(20)13-14-23(22)29-18-11-9-17(10-12-18)24-15-25(27)26-30(24)28/h2-12,23-24H,13-15H2,1H3,(H,26,27)/t23-,24?,30?/m1/s1. The molecule has 30 heavy (non-hydrogen) atoms. The molecule has 1 aliphatic carbocycles. The van der Waals surface area contributed by atoms with Crippen molar-refractivity contribution in [1.82, 2.24) is 0 Å². The smallest absolute Gasteiger partial charge is 0.240 e. The van der Waals surface area contributed by atoms with E-state index in [1.807, 2.05) is 24.3 Å². The van der Waals surface area contributed by atoms with E-state index in [9.17, 15) is 9.66 Å². The summed E-state index contributed by atoms with van der Waals surface area (Å²) >= 11 is -1.41. The molecule has 1 heterocycles. The zero-order chi connectivity index (χ0) is 20.7. The van der Waals surface area contributed by atoms with E-state index in [4.69, 9.17) is 4.74 Å². The number of hydrogen-bond acceptors (Lipinski definition) is 3. The van der Waals surface area contributed by atoms with E-state index in [-0.39, 0.29) is 17.3 Å². The summed E-state index contributed by atoms with van der Waals surface area (Å²) in [5, 5.41) is 9.25. The first-order chi connectivity index (χ1) is 14.6. The third-order valence-corrected chi connectivity index (χ3v) is 7.30. The van der Waals surface area contributed by atoms with E-state index in [0.29, 0.717) is 6.42 Å². The number of ether oxygens (including phenoxy) is 1. The summed E-state index contributed by atoms with van der Waals surface area (Å²) < 4.78 is 22.1. The summed E-state index contributed by atoms with van der Waals surface area (Å²) in [5.41, 5.74) is 7.41. The molecule has 0 saturated heterocycles. The molecule has 0 fully saturated rings. The summed E-state index contributed by atoms with van der Waals surface area (Å²) in [6.07, 6.45) is 2.31. The van der Waals surface area contributed by atoms with Crippen molar-refractivity contribution in [1.29, 1.82) is 0 Å². The van der Waals surface area contributed by atoms with Gasteiger partial charge in [-0.2, -0.15) is 0 Å². The van der Waals surface area contributed by atoms with Gasteiger partial charge in [0.1, 0.15) is 23.2 Å². The van der Waals surface area contributed by atoms with E-state index >= 15 is 0 Å². The van der Waals surface area contributed by atoms with Crippen LogP contribution in [0.2, 0.25) is 0 Å². The third-order valence-electron chi connectivity index (χ3n) is 5.99. The molecule has 0 aromatic heterocycles. The first-order valence-corrected chi connectivity index (χ1v) is 11.4. The van der Waals surface area contributed by atoms with Gasteiger partial charge >= 0.3 is 0 Å². The van der Waals surface area contributed by atoms with Crippen LogP contribution in [0.3, 0.4) is 0 Å². The molecule has 1 aliphatic heterocycles. The Morgan fingerprint density at radius 2 is 1.77 bits per heavy atom. The summed E-state index contributed by atoms with van der Waals surface area (Å²) in [6, 6.07) is 22.7. The minimum absolute atomic E-state index is 0.0304. The SMILES string of the molecule is Cc1ccccc1-c1cccc2c1CC[C@H]2Oc1ccc(C2CC(O)=N[S+]2[O-])cc1. The summed E-state index contributed by atoms with van der Waals surface area (Å²) in [6.45, 7) is 2.15. The molecule has 1 N–H and O–H groups in total. The molecule has 2 aliphatic rings. The Morgan fingerprint density at radius 3 is 2.50 bits per heavy atom. The molecular weight excluding hydrogens is 394 g/mol. The minimum Gasteiger partial charge on any atom is -0.591 e. The van der Waals surface area contributed by atoms with Gasteiger partial charge in [0.25, 0.3) is 0 Å². The van der Waals surface area contributed by atoms with Crippen molar-refractivity contribution in [2.45, 2.75) is 37.5 Å². The normalized spacial score (nSPS) is 22.6. The molecule has 0 saturated carbocycles. The van der Waals surface area contributed by atoms with Crippen LogP contribution < -0.4 is 4.74 Å². The number of aliphatic hydroxyl groups is 1. The molecule has 5 heteroatoms. The number of fused-ring (bicyclic) bond motifs is 1. The molecule has 3 atom stereocenters. The molecule has 152 valence electrons. The Balaban J connectivity index is 1.36. The third kappa shape index (κ3) is 3.48. The lowest BCUT2D eigenvalue weighted by Crippen LogP contribution is -2.07. The van der Waals surface area contributed by atoms with Crippen LogP contribution in [0.5, 0.6) is 5.75 Å². The highest BCUT2D eigenvalue weighted by Gasteiger charge is 2.34. The monoisotopic (exact) mass is 417 g/mol. The van der Waals surface area contributed by atoms with E-state index < -0.39 is 11.4 Å². The fraction of sp³-hybridized carbons (Fsp3) is 0.240. The van der Waals surface area contributed by atoms with Crippen LogP contribution in [0.15, 0.2) is 71.1 Å². The predicted octanol–water partition coefficient (Wildman–Crippen LogP) is 5.79. The minimum atomic E-state index is -1.41.